The summed E-state index contributed by atoms with van der Waals surface area (Å²) in [6, 6.07) is 2.10. The number of aliphatic hydroxyl groups is 1. The van der Waals surface area contributed by atoms with E-state index in [-0.39, 0.29) is 17.9 Å². The van der Waals surface area contributed by atoms with E-state index < -0.39 is 0 Å². The third-order valence-corrected chi connectivity index (χ3v) is 3.92. The van der Waals surface area contributed by atoms with Crippen molar-refractivity contribution in [2.45, 2.75) is 26.3 Å². The molecule has 4 nitrogen and oxygen atoms in total. The minimum Gasteiger partial charge on any atom is -0.396 e. The van der Waals surface area contributed by atoms with Crippen molar-refractivity contribution in [1.29, 1.82) is 0 Å². The Balaban J connectivity index is 2.32. The SMILES string of the molecule is CC(C)C(CCO)Nc1nc(Cl)nc2ccsc12. The van der Waals surface area contributed by atoms with Gasteiger partial charge in [0, 0.05) is 12.6 Å². The molecular formula is C12H16ClN3OS. The number of aliphatic hydroxyl groups excluding tert-OH is 1. The minimum absolute atomic E-state index is 0.155. The molecule has 0 bridgehead atoms. The van der Waals surface area contributed by atoms with Crippen molar-refractivity contribution in [2.75, 3.05) is 11.9 Å². The van der Waals surface area contributed by atoms with Crippen LogP contribution in [0.2, 0.25) is 5.28 Å². The quantitative estimate of drug-likeness (QED) is 0.829. The molecular weight excluding hydrogens is 270 g/mol. The van der Waals surface area contributed by atoms with E-state index in [2.05, 4.69) is 29.1 Å². The second-order valence-electron chi connectivity index (χ2n) is 4.48. The summed E-state index contributed by atoms with van der Waals surface area (Å²) >= 11 is 7.50. The van der Waals surface area contributed by atoms with Crippen molar-refractivity contribution in [3.8, 4) is 0 Å². The highest BCUT2D eigenvalue weighted by molar-refractivity contribution is 7.17. The number of thiophene rings is 1. The summed E-state index contributed by atoms with van der Waals surface area (Å²) in [6.45, 7) is 4.38. The number of aromatic nitrogens is 2. The van der Waals surface area contributed by atoms with Gasteiger partial charge in [-0.3, -0.25) is 0 Å². The summed E-state index contributed by atoms with van der Waals surface area (Å²) in [5.41, 5.74) is 0.856. The Morgan fingerprint density at radius 3 is 2.89 bits per heavy atom. The van der Waals surface area contributed by atoms with Gasteiger partial charge in [0.25, 0.3) is 0 Å². The Labute approximate surface area is 115 Å². The lowest BCUT2D eigenvalue weighted by atomic mass is 10.0. The number of fused-ring (bicyclic) bond motifs is 1. The molecule has 2 N–H and O–H groups in total. The zero-order valence-electron chi connectivity index (χ0n) is 10.4. The summed E-state index contributed by atoms with van der Waals surface area (Å²) in [4.78, 5) is 8.42. The van der Waals surface area contributed by atoms with Crippen LogP contribution in [-0.4, -0.2) is 27.7 Å². The van der Waals surface area contributed by atoms with Crippen molar-refractivity contribution < 1.29 is 5.11 Å². The van der Waals surface area contributed by atoms with Gasteiger partial charge in [-0.05, 0) is 35.4 Å². The van der Waals surface area contributed by atoms with Crippen LogP contribution in [0.5, 0.6) is 0 Å². The van der Waals surface area contributed by atoms with Crippen LogP contribution in [0, 0.1) is 5.92 Å². The molecule has 0 saturated carbocycles. The maximum absolute atomic E-state index is 9.10. The molecule has 2 rings (SSSR count). The van der Waals surface area contributed by atoms with E-state index in [1.165, 1.54) is 0 Å². The summed E-state index contributed by atoms with van der Waals surface area (Å²) in [5, 5.41) is 14.7. The smallest absolute Gasteiger partial charge is 0.224 e. The molecule has 6 heteroatoms. The zero-order chi connectivity index (χ0) is 13.1. The molecule has 0 aromatic carbocycles. The first-order chi connectivity index (χ1) is 8.61. The van der Waals surface area contributed by atoms with Crippen LogP contribution in [0.25, 0.3) is 10.2 Å². The van der Waals surface area contributed by atoms with Gasteiger partial charge in [0.2, 0.25) is 5.28 Å². The van der Waals surface area contributed by atoms with Crippen molar-refractivity contribution in [3.05, 3.63) is 16.7 Å². The Morgan fingerprint density at radius 2 is 2.22 bits per heavy atom. The summed E-state index contributed by atoms with van der Waals surface area (Å²) < 4.78 is 1.00. The molecule has 2 heterocycles. The lowest BCUT2D eigenvalue weighted by Gasteiger charge is -2.22. The third-order valence-electron chi connectivity index (χ3n) is 2.84. The van der Waals surface area contributed by atoms with E-state index in [9.17, 15) is 0 Å². The predicted molar refractivity (Wildman–Crippen MR) is 76.4 cm³/mol. The average molecular weight is 286 g/mol. The number of hydrogen-bond acceptors (Lipinski definition) is 5. The Hall–Kier alpha value is -0.910. The first kappa shape index (κ1) is 13.5. The molecule has 0 radical (unpaired) electrons. The summed E-state index contributed by atoms with van der Waals surface area (Å²) in [5.74, 6) is 1.16. The van der Waals surface area contributed by atoms with E-state index in [0.717, 1.165) is 16.0 Å². The van der Waals surface area contributed by atoms with Crippen molar-refractivity contribution in [3.63, 3.8) is 0 Å². The maximum Gasteiger partial charge on any atom is 0.224 e. The van der Waals surface area contributed by atoms with Gasteiger partial charge in [0.05, 0.1) is 10.2 Å². The van der Waals surface area contributed by atoms with E-state index in [1.54, 1.807) is 11.3 Å². The fraction of sp³-hybridized carbons (Fsp3) is 0.500. The molecule has 0 aliphatic rings. The van der Waals surface area contributed by atoms with Gasteiger partial charge in [0.15, 0.2) is 0 Å². The van der Waals surface area contributed by atoms with Crippen LogP contribution in [-0.2, 0) is 0 Å². The largest absolute Gasteiger partial charge is 0.396 e. The number of nitrogens with zero attached hydrogens (tertiary/aromatic N) is 2. The fourth-order valence-corrected chi connectivity index (χ4v) is 2.78. The van der Waals surface area contributed by atoms with Crippen molar-refractivity contribution >= 4 is 39.0 Å². The molecule has 1 unspecified atom stereocenters. The number of hydrogen-bond donors (Lipinski definition) is 2. The molecule has 0 spiro atoms. The topological polar surface area (TPSA) is 58.0 Å². The lowest BCUT2D eigenvalue weighted by Crippen LogP contribution is -2.27. The van der Waals surface area contributed by atoms with Crippen LogP contribution < -0.4 is 5.32 Å². The predicted octanol–water partition coefficient (Wildman–Crippen LogP) is 3.16. The molecule has 2 aromatic heterocycles. The maximum atomic E-state index is 9.10. The highest BCUT2D eigenvalue weighted by atomic mass is 35.5. The second-order valence-corrected chi connectivity index (χ2v) is 5.74. The van der Waals surface area contributed by atoms with E-state index in [1.807, 2.05) is 11.4 Å². The Bertz CT molecular complexity index is 529. The molecule has 18 heavy (non-hydrogen) atoms. The fourth-order valence-electron chi connectivity index (χ4n) is 1.82. The molecule has 1 atom stereocenters. The number of halogens is 1. The van der Waals surface area contributed by atoms with Crippen molar-refractivity contribution in [2.24, 2.45) is 5.92 Å². The Morgan fingerprint density at radius 1 is 1.44 bits per heavy atom. The van der Waals surface area contributed by atoms with E-state index in [4.69, 9.17) is 16.7 Å². The minimum atomic E-state index is 0.155. The summed E-state index contributed by atoms with van der Waals surface area (Å²) in [7, 11) is 0. The van der Waals surface area contributed by atoms with Crippen LogP contribution in [0.1, 0.15) is 20.3 Å². The first-order valence-electron chi connectivity index (χ1n) is 5.90. The monoisotopic (exact) mass is 285 g/mol. The van der Waals surface area contributed by atoms with Crippen LogP contribution in [0.3, 0.4) is 0 Å². The van der Waals surface area contributed by atoms with Crippen LogP contribution in [0.4, 0.5) is 5.82 Å². The molecule has 0 aliphatic heterocycles. The van der Waals surface area contributed by atoms with Gasteiger partial charge in [-0.1, -0.05) is 13.8 Å². The highest BCUT2D eigenvalue weighted by Gasteiger charge is 2.16. The molecule has 0 saturated heterocycles. The first-order valence-corrected chi connectivity index (χ1v) is 7.15. The van der Waals surface area contributed by atoms with Gasteiger partial charge in [-0.25, -0.2) is 4.98 Å². The summed E-state index contributed by atoms with van der Waals surface area (Å²) in [6.07, 6.45) is 0.687. The normalized spacial score (nSPS) is 13.2. The van der Waals surface area contributed by atoms with Gasteiger partial charge in [0.1, 0.15) is 5.82 Å². The van der Waals surface area contributed by atoms with E-state index in [0.29, 0.717) is 12.3 Å². The zero-order valence-corrected chi connectivity index (χ0v) is 11.9. The second kappa shape index (κ2) is 5.82. The van der Waals surface area contributed by atoms with Gasteiger partial charge in [-0.15, -0.1) is 11.3 Å². The Kier molecular flexibility index (Phi) is 4.37. The highest BCUT2D eigenvalue weighted by Crippen LogP contribution is 2.28. The van der Waals surface area contributed by atoms with Gasteiger partial charge < -0.3 is 10.4 Å². The van der Waals surface area contributed by atoms with Crippen LogP contribution >= 0.6 is 22.9 Å². The molecule has 98 valence electrons. The molecule has 0 fully saturated rings. The molecule has 2 aromatic rings. The average Bonchev–Trinajstić information content (AvgIpc) is 2.76. The van der Waals surface area contributed by atoms with E-state index >= 15 is 0 Å². The lowest BCUT2D eigenvalue weighted by molar-refractivity contribution is 0.267. The number of nitrogens with one attached hydrogen (secondary N) is 1. The molecule has 0 aliphatic carbocycles. The van der Waals surface area contributed by atoms with Crippen molar-refractivity contribution in [1.82, 2.24) is 9.97 Å². The third kappa shape index (κ3) is 2.91. The molecule has 0 amide bonds. The van der Waals surface area contributed by atoms with Crippen LogP contribution in [0.15, 0.2) is 11.4 Å². The number of anilines is 1. The standard InChI is InChI=1S/C12H16ClN3OS/c1-7(2)8(3-5-17)14-11-10-9(4-6-18-10)15-12(13)16-11/h4,6-8,17H,3,5H2,1-2H3,(H,14,15,16). The van der Waals surface area contributed by atoms with Gasteiger partial charge >= 0.3 is 0 Å². The van der Waals surface area contributed by atoms with Gasteiger partial charge in [-0.2, -0.15) is 4.98 Å². The number of rotatable bonds is 5.